The van der Waals surface area contributed by atoms with Crippen LogP contribution in [0.3, 0.4) is 0 Å². The number of aryl methyl sites for hydroxylation is 1. The molecule has 19 heavy (non-hydrogen) atoms. The van der Waals surface area contributed by atoms with Gasteiger partial charge in [0.15, 0.2) is 0 Å². The lowest BCUT2D eigenvalue weighted by Crippen LogP contribution is -2.35. The van der Waals surface area contributed by atoms with Crippen LogP contribution in [-0.4, -0.2) is 17.6 Å². The second-order valence-electron chi connectivity index (χ2n) is 6.79. The lowest BCUT2D eigenvalue weighted by Gasteiger charge is -2.20. The number of fused-ring (bicyclic) bond motifs is 5. The minimum Gasteiger partial charge on any atom is -0.314 e. The Morgan fingerprint density at radius 2 is 2.11 bits per heavy atom. The van der Waals surface area contributed by atoms with Crippen molar-refractivity contribution in [2.45, 2.75) is 45.6 Å². The molecule has 5 unspecified atom stereocenters. The van der Waals surface area contributed by atoms with Crippen molar-refractivity contribution in [1.29, 1.82) is 0 Å². The van der Waals surface area contributed by atoms with Crippen molar-refractivity contribution < 1.29 is 0 Å². The Bertz CT molecular complexity index is 453. The number of thiazole rings is 1. The molecular formula is C16H24N2S. The van der Waals surface area contributed by atoms with Crippen LogP contribution >= 0.6 is 11.3 Å². The third-order valence-electron chi connectivity index (χ3n) is 5.82. The molecule has 0 saturated heterocycles. The summed E-state index contributed by atoms with van der Waals surface area (Å²) in [6.07, 6.45) is 5.75. The second-order valence-corrected chi connectivity index (χ2v) is 7.85. The summed E-state index contributed by atoms with van der Waals surface area (Å²) in [6, 6.07) is 0.685. The highest BCUT2D eigenvalue weighted by Gasteiger charge is 2.66. The van der Waals surface area contributed by atoms with Gasteiger partial charge in [0.1, 0.15) is 0 Å². The molecule has 0 aliphatic heterocycles. The van der Waals surface area contributed by atoms with Crippen LogP contribution < -0.4 is 5.32 Å². The first-order valence-electron chi connectivity index (χ1n) is 7.92. The Labute approximate surface area is 120 Å². The van der Waals surface area contributed by atoms with Crippen LogP contribution in [0.25, 0.3) is 0 Å². The highest BCUT2D eigenvalue weighted by atomic mass is 32.1. The van der Waals surface area contributed by atoms with E-state index in [0.29, 0.717) is 6.04 Å². The first kappa shape index (κ1) is 12.3. The third kappa shape index (κ3) is 1.97. The topological polar surface area (TPSA) is 24.9 Å². The van der Waals surface area contributed by atoms with Gasteiger partial charge in [-0.2, -0.15) is 0 Å². The van der Waals surface area contributed by atoms with E-state index in [-0.39, 0.29) is 0 Å². The van der Waals surface area contributed by atoms with Crippen molar-refractivity contribution in [3.8, 4) is 0 Å². The van der Waals surface area contributed by atoms with E-state index in [4.69, 9.17) is 0 Å². The minimum atomic E-state index is 0.685. The molecule has 104 valence electrons. The predicted molar refractivity (Wildman–Crippen MR) is 79.3 cm³/mol. The largest absolute Gasteiger partial charge is 0.314 e. The van der Waals surface area contributed by atoms with Crippen LogP contribution in [0.4, 0.5) is 0 Å². The molecule has 3 saturated carbocycles. The number of nitrogens with zero attached hydrogens (tertiary/aromatic N) is 1. The SMILES string of the molecule is CCNC(Cc1csc(C)n1)C1C2C3CCC(C3)C21. The van der Waals surface area contributed by atoms with E-state index in [0.717, 1.165) is 42.6 Å². The van der Waals surface area contributed by atoms with E-state index in [2.05, 4.69) is 29.5 Å². The molecule has 2 bridgehead atoms. The van der Waals surface area contributed by atoms with E-state index < -0.39 is 0 Å². The Hall–Kier alpha value is -0.410. The summed E-state index contributed by atoms with van der Waals surface area (Å²) in [6.45, 7) is 5.45. The lowest BCUT2D eigenvalue weighted by atomic mass is 9.95. The molecule has 3 aliphatic carbocycles. The highest BCUT2D eigenvalue weighted by Crippen LogP contribution is 2.70. The number of rotatable bonds is 5. The van der Waals surface area contributed by atoms with Gasteiger partial charge in [0.05, 0.1) is 10.7 Å². The number of hydrogen-bond acceptors (Lipinski definition) is 3. The molecule has 1 heterocycles. The van der Waals surface area contributed by atoms with Crippen molar-refractivity contribution in [3.63, 3.8) is 0 Å². The summed E-state index contributed by atoms with van der Waals surface area (Å²) in [7, 11) is 0. The van der Waals surface area contributed by atoms with Gasteiger partial charge in [0.2, 0.25) is 0 Å². The fraction of sp³-hybridized carbons (Fsp3) is 0.812. The van der Waals surface area contributed by atoms with Crippen LogP contribution in [0.1, 0.15) is 36.9 Å². The average molecular weight is 276 g/mol. The molecule has 4 rings (SSSR count). The monoisotopic (exact) mass is 276 g/mol. The summed E-state index contributed by atoms with van der Waals surface area (Å²) < 4.78 is 0. The molecule has 2 nitrogen and oxygen atoms in total. The molecule has 0 aromatic carbocycles. The van der Waals surface area contributed by atoms with E-state index in [1.807, 2.05) is 0 Å². The summed E-state index contributed by atoms with van der Waals surface area (Å²) in [4.78, 5) is 4.67. The Balaban J connectivity index is 1.47. The van der Waals surface area contributed by atoms with Gasteiger partial charge in [0, 0.05) is 17.8 Å². The molecule has 1 aromatic heterocycles. The smallest absolute Gasteiger partial charge is 0.0897 e. The normalized spacial score (nSPS) is 40.4. The lowest BCUT2D eigenvalue weighted by molar-refractivity contribution is 0.364. The van der Waals surface area contributed by atoms with E-state index in [1.54, 1.807) is 17.8 Å². The first-order valence-corrected chi connectivity index (χ1v) is 8.80. The van der Waals surface area contributed by atoms with Gasteiger partial charge in [-0.15, -0.1) is 11.3 Å². The molecule has 1 aromatic rings. The van der Waals surface area contributed by atoms with Crippen molar-refractivity contribution in [2.24, 2.45) is 29.6 Å². The van der Waals surface area contributed by atoms with Gasteiger partial charge in [-0.3, -0.25) is 0 Å². The predicted octanol–water partition coefficient (Wildman–Crippen LogP) is 3.26. The zero-order valence-electron chi connectivity index (χ0n) is 11.9. The Morgan fingerprint density at radius 1 is 1.37 bits per heavy atom. The fourth-order valence-electron chi connectivity index (χ4n) is 5.26. The van der Waals surface area contributed by atoms with Crippen LogP contribution in [0, 0.1) is 36.5 Å². The number of nitrogens with one attached hydrogen (secondary N) is 1. The summed E-state index contributed by atoms with van der Waals surface area (Å²) >= 11 is 1.79. The molecule has 0 amide bonds. The van der Waals surface area contributed by atoms with Crippen molar-refractivity contribution in [2.75, 3.05) is 6.54 Å². The highest BCUT2D eigenvalue weighted by molar-refractivity contribution is 7.09. The Kier molecular flexibility index (Phi) is 2.96. The van der Waals surface area contributed by atoms with Gasteiger partial charge in [-0.25, -0.2) is 4.98 Å². The van der Waals surface area contributed by atoms with Crippen molar-refractivity contribution in [3.05, 3.63) is 16.1 Å². The fourth-order valence-corrected chi connectivity index (χ4v) is 5.89. The van der Waals surface area contributed by atoms with Crippen molar-refractivity contribution in [1.82, 2.24) is 10.3 Å². The molecule has 0 spiro atoms. The zero-order chi connectivity index (χ0) is 13.0. The molecule has 1 N–H and O–H groups in total. The van der Waals surface area contributed by atoms with Gasteiger partial charge >= 0.3 is 0 Å². The molecule has 3 aliphatic rings. The zero-order valence-corrected chi connectivity index (χ0v) is 12.7. The van der Waals surface area contributed by atoms with Gasteiger partial charge in [0.25, 0.3) is 0 Å². The average Bonchev–Trinajstić information content (AvgIpc) is 2.74. The van der Waals surface area contributed by atoms with Crippen LogP contribution in [0.2, 0.25) is 0 Å². The van der Waals surface area contributed by atoms with Gasteiger partial charge in [-0.05, 0) is 62.3 Å². The summed E-state index contributed by atoms with van der Waals surface area (Å²) in [5, 5.41) is 7.23. The molecule has 3 fully saturated rings. The van der Waals surface area contributed by atoms with E-state index in [1.165, 1.54) is 23.5 Å². The number of likely N-dealkylation sites (N-methyl/N-ethyl adjacent to an activating group) is 1. The van der Waals surface area contributed by atoms with Crippen molar-refractivity contribution >= 4 is 11.3 Å². The maximum absolute atomic E-state index is 4.67. The molecule has 0 radical (unpaired) electrons. The second kappa shape index (κ2) is 4.56. The van der Waals surface area contributed by atoms with Crippen LogP contribution in [0.5, 0.6) is 0 Å². The maximum atomic E-state index is 4.67. The first-order chi connectivity index (χ1) is 9.28. The molecule has 3 heteroatoms. The maximum Gasteiger partial charge on any atom is 0.0897 e. The van der Waals surface area contributed by atoms with Gasteiger partial charge < -0.3 is 5.32 Å². The summed E-state index contributed by atoms with van der Waals surface area (Å²) in [5.74, 6) is 5.27. The molecular weight excluding hydrogens is 252 g/mol. The van der Waals surface area contributed by atoms with Crippen LogP contribution in [0.15, 0.2) is 5.38 Å². The van der Waals surface area contributed by atoms with E-state index in [9.17, 15) is 0 Å². The van der Waals surface area contributed by atoms with Crippen LogP contribution in [-0.2, 0) is 6.42 Å². The van der Waals surface area contributed by atoms with E-state index >= 15 is 0 Å². The quantitative estimate of drug-likeness (QED) is 0.893. The minimum absolute atomic E-state index is 0.685. The Morgan fingerprint density at radius 3 is 2.68 bits per heavy atom. The summed E-state index contributed by atoms with van der Waals surface area (Å²) in [5.41, 5.74) is 1.31. The number of aromatic nitrogens is 1. The molecule has 5 atom stereocenters. The third-order valence-corrected chi connectivity index (χ3v) is 6.64. The standard InChI is InChI=1S/C16H24N2S/c1-3-17-13(7-12-8-19-9(2)18-12)16-14-10-4-5-11(6-10)15(14)16/h8,10-11,13-17H,3-7H2,1-2H3. The number of hydrogen-bond donors (Lipinski definition) is 1. The van der Waals surface area contributed by atoms with Gasteiger partial charge in [-0.1, -0.05) is 6.92 Å².